The second-order valence-electron chi connectivity index (χ2n) is 4.53. The van der Waals surface area contributed by atoms with Crippen molar-refractivity contribution in [2.24, 2.45) is 0 Å². The number of carbonyl (C=O) groups is 2. The Bertz CT molecular complexity index is 490. The zero-order valence-electron chi connectivity index (χ0n) is 11.3. The van der Waals surface area contributed by atoms with Crippen LogP contribution in [0.1, 0.15) is 13.3 Å². The van der Waals surface area contributed by atoms with Crippen LogP contribution in [0.25, 0.3) is 0 Å². The molecular formula is C14H17BrN2O3. The van der Waals surface area contributed by atoms with Crippen molar-refractivity contribution in [3.8, 4) is 5.75 Å². The van der Waals surface area contributed by atoms with Crippen molar-refractivity contribution >= 4 is 27.7 Å². The van der Waals surface area contributed by atoms with Gasteiger partial charge in [-0.2, -0.15) is 0 Å². The lowest BCUT2D eigenvalue weighted by atomic mass is 10.1. The summed E-state index contributed by atoms with van der Waals surface area (Å²) in [4.78, 5) is 25.1. The summed E-state index contributed by atoms with van der Waals surface area (Å²) in [5.74, 6) is 0.359. The summed E-state index contributed by atoms with van der Waals surface area (Å²) in [6.45, 7) is 2.71. The smallest absolute Gasteiger partial charge is 0.246 e. The Balaban J connectivity index is 1.87. The van der Waals surface area contributed by atoms with Crippen molar-refractivity contribution in [2.45, 2.75) is 19.4 Å². The molecule has 1 unspecified atom stereocenters. The number of hydrogen-bond donors (Lipinski definition) is 1. The van der Waals surface area contributed by atoms with Gasteiger partial charge in [-0.25, -0.2) is 0 Å². The van der Waals surface area contributed by atoms with Crippen molar-refractivity contribution in [2.75, 3.05) is 19.7 Å². The highest BCUT2D eigenvalue weighted by atomic mass is 79.9. The number of carbonyl (C=O) groups excluding carboxylic acids is 2. The zero-order chi connectivity index (χ0) is 14.5. The van der Waals surface area contributed by atoms with Gasteiger partial charge in [-0.3, -0.25) is 19.8 Å². The number of amides is 2. The van der Waals surface area contributed by atoms with Gasteiger partial charge < -0.3 is 4.74 Å². The van der Waals surface area contributed by atoms with Gasteiger partial charge >= 0.3 is 0 Å². The number of hydrogen-bond acceptors (Lipinski definition) is 4. The molecular weight excluding hydrogens is 324 g/mol. The molecule has 20 heavy (non-hydrogen) atoms. The molecule has 5 nitrogen and oxygen atoms in total. The SMILES string of the molecule is CCC1NCC(=O)N(CCOc2ccc(Br)cc2)C1=O. The minimum Gasteiger partial charge on any atom is -0.492 e. The first kappa shape index (κ1) is 15.0. The highest BCUT2D eigenvalue weighted by molar-refractivity contribution is 9.10. The average Bonchev–Trinajstić information content (AvgIpc) is 2.44. The maximum Gasteiger partial charge on any atom is 0.246 e. The maximum atomic E-state index is 12.0. The molecule has 2 amide bonds. The van der Waals surface area contributed by atoms with E-state index >= 15 is 0 Å². The summed E-state index contributed by atoms with van der Waals surface area (Å²) in [5, 5.41) is 2.93. The van der Waals surface area contributed by atoms with Crippen molar-refractivity contribution in [1.29, 1.82) is 0 Å². The Hall–Kier alpha value is -1.40. The molecule has 0 saturated carbocycles. The largest absolute Gasteiger partial charge is 0.492 e. The second kappa shape index (κ2) is 6.85. The molecule has 1 N–H and O–H groups in total. The summed E-state index contributed by atoms with van der Waals surface area (Å²) in [5.41, 5.74) is 0. The van der Waals surface area contributed by atoms with E-state index in [1.54, 1.807) is 0 Å². The van der Waals surface area contributed by atoms with Gasteiger partial charge in [-0.05, 0) is 30.7 Å². The first-order chi connectivity index (χ1) is 9.61. The van der Waals surface area contributed by atoms with E-state index < -0.39 is 0 Å². The van der Waals surface area contributed by atoms with Gasteiger partial charge in [-0.1, -0.05) is 22.9 Å². The molecule has 1 fully saturated rings. The topological polar surface area (TPSA) is 58.6 Å². The summed E-state index contributed by atoms with van der Waals surface area (Å²) < 4.78 is 6.52. The number of ether oxygens (including phenoxy) is 1. The number of benzene rings is 1. The van der Waals surface area contributed by atoms with E-state index in [1.807, 2.05) is 31.2 Å². The maximum absolute atomic E-state index is 12.0. The van der Waals surface area contributed by atoms with E-state index in [0.717, 1.165) is 10.2 Å². The van der Waals surface area contributed by atoms with E-state index in [-0.39, 0.29) is 30.9 Å². The third kappa shape index (κ3) is 3.58. The van der Waals surface area contributed by atoms with Crippen molar-refractivity contribution < 1.29 is 14.3 Å². The van der Waals surface area contributed by atoms with Gasteiger partial charge in [-0.15, -0.1) is 0 Å². The summed E-state index contributed by atoms with van der Waals surface area (Å²) >= 11 is 3.35. The van der Waals surface area contributed by atoms with Crippen LogP contribution in [0.2, 0.25) is 0 Å². The zero-order valence-corrected chi connectivity index (χ0v) is 12.9. The molecule has 108 valence electrons. The Kier molecular flexibility index (Phi) is 5.14. The molecule has 2 rings (SSSR count). The second-order valence-corrected chi connectivity index (χ2v) is 5.44. The first-order valence-corrected chi connectivity index (χ1v) is 7.37. The third-order valence-electron chi connectivity index (χ3n) is 3.17. The number of nitrogens with zero attached hydrogens (tertiary/aromatic N) is 1. The minimum absolute atomic E-state index is 0.164. The van der Waals surface area contributed by atoms with Crippen LogP contribution in [-0.2, 0) is 9.59 Å². The van der Waals surface area contributed by atoms with Gasteiger partial charge in [0.05, 0.1) is 19.1 Å². The minimum atomic E-state index is -0.264. The van der Waals surface area contributed by atoms with Crippen LogP contribution >= 0.6 is 15.9 Å². The van der Waals surface area contributed by atoms with E-state index in [2.05, 4.69) is 21.2 Å². The fourth-order valence-electron chi connectivity index (χ4n) is 2.04. The predicted molar refractivity (Wildman–Crippen MR) is 78.4 cm³/mol. The molecule has 0 aliphatic carbocycles. The van der Waals surface area contributed by atoms with E-state index in [1.165, 1.54) is 4.90 Å². The molecule has 0 bridgehead atoms. The van der Waals surface area contributed by atoms with E-state index in [0.29, 0.717) is 13.0 Å². The van der Waals surface area contributed by atoms with E-state index in [4.69, 9.17) is 4.74 Å². The Morgan fingerprint density at radius 3 is 2.70 bits per heavy atom. The van der Waals surface area contributed by atoms with Crippen LogP contribution in [0.4, 0.5) is 0 Å². The quantitative estimate of drug-likeness (QED) is 0.826. The van der Waals surface area contributed by atoms with Crippen LogP contribution < -0.4 is 10.1 Å². The fraction of sp³-hybridized carbons (Fsp3) is 0.429. The summed E-state index contributed by atoms with van der Waals surface area (Å²) in [6.07, 6.45) is 0.677. The van der Waals surface area contributed by atoms with Gasteiger partial charge in [0, 0.05) is 4.47 Å². The van der Waals surface area contributed by atoms with Crippen LogP contribution in [0.3, 0.4) is 0 Å². The summed E-state index contributed by atoms with van der Waals surface area (Å²) in [6, 6.07) is 7.16. The fourth-order valence-corrected chi connectivity index (χ4v) is 2.31. The molecule has 1 aromatic carbocycles. The molecule has 6 heteroatoms. The molecule has 1 heterocycles. The molecule has 0 radical (unpaired) electrons. The Morgan fingerprint density at radius 2 is 2.05 bits per heavy atom. The average molecular weight is 341 g/mol. The van der Waals surface area contributed by atoms with E-state index in [9.17, 15) is 9.59 Å². The van der Waals surface area contributed by atoms with Gasteiger partial charge in [0.25, 0.3) is 0 Å². The van der Waals surface area contributed by atoms with Crippen LogP contribution in [-0.4, -0.2) is 42.5 Å². The molecule has 1 aromatic rings. The number of imide groups is 1. The molecule has 1 aliphatic heterocycles. The van der Waals surface area contributed by atoms with Crippen LogP contribution in [0.15, 0.2) is 28.7 Å². The molecule has 1 aliphatic rings. The Labute approximate surface area is 126 Å². The molecule has 1 saturated heterocycles. The Morgan fingerprint density at radius 1 is 1.35 bits per heavy atom. The number of halogens is 1. The van der Waals surface area contributed by atoms with Gasteiger partial charge in [0.1, 0.15) is 12.4 Å². The first-order valence-electron chi connectivity index (χ1n) is 6.57. The molecule has 0 spiro atoms. The van der Waals surface area contributed by atoms with Crippen LogP contribution in [0, 0.1) is 0 Å². The predicted octanol–water partition coefficient (Wildman–Crippen LogP) is 1.56. The third-order valence-corrected chi connectivity index (χ3v) is 3.70. The lowest BCUT2D eigenvalue weighted by Crippen LogP contribution is -2.58. The van der Waals surface area contributed by atoms with Crippen molar-refractivity contribution in [3.05, 3.63) is 28.7 Å². The van der Waals surface area contributed by atoms with Crippen molar-refractivity contribution in [1.82, 2.24) is 10.2 Å². The number of nitrogens with one attached hydrogen (secondary N) is 1. The van der Waals surface area contributed by atoms with Crippen molar-refractivity contribution in [3.63, 3.8) is 0 Å². The lowest BCUT2D eigenvalue weighted by molar-refractivity contribution is -0.149. The molecule has 1 atom stereocenters. The summed E-state index contributed by atoms with van der Waals surface area (Å²) in [7, 11) is 0. The highest BCUT2D eigenvalue weighted by Gasteiger charge is 2.32. The number of piperazine rings is 1. The normalized spacial score (nSPS) is 19.3. The standard InChI is InChI=1S/C14H17BrN2O3/c1-2-12-14(19)17(13(18)9-16-12)7-8-20-11-5-3-10(15)4-6-11/h3-6,12,16H,2,7-9H2,1H3. The monoisotopic (exact) mass is 340 g/mol. The van der Waals surface area contributed by atoms with Crippen LogP contribution in [0.5, 0.6) is 5.75 Å². The van der Waals surface area contributed by atoms with Gasteiger partial charge in [0.2, 0.25) is 11.8 Å². The lowest BCUT2D eigenvalue weighted by Gasteiger charge is -2.30. The highest BCUT2D eigenvalue weighted by Crippen LogP contribution is 2.16. The number of rotatable bonds is 5. The molecule has 0 aromatic heterocycles. The van der Waals surface area contributed by atoms with Gasteiger partial charge in [0.15, 0.2) is 0 Å².